The van der Waals surface area contributed by atoms with E-state index >= 15 is 0 Å². The standard InChI is InChI=1S/C17H25NO/c1-18-11-10-17(9-4-3-6-15(17)13-18)14-7-5-8-16(12-14)19-2/h5,7-8,12,15H,3-4,6,9-11,13H2,1-2H3/t15-,17+/m0/s1. The van der Waals surface area contributed by atoms with Gasteiger partial charge >= 0.3 is 0 Å². The highest BCUT2D eigenvalue weighted by atomic mass is 16.5. The van der Waals surface area contributed by atoms with Crippen LogP contribution in [0.4, 0.5) is 0 Å². The fourth-order valence-corrected chi connectivity index (χ4v) is 4.22. The van der Waals surface area contributed by atoms with Crippen molar-refractivity contribution < 1.29 is 4.74 Å². The summed E-state index contributed by atoms with van der Waals surface area (Å²) in [6.45, 7) is 2.49. The molecule has 1 saturated heterocycles. The zero-order valence-corrected chi connectivity index (χ0v) is 12.2. The fourth-order valence-electron chi connectivity index (χ4n) is 4.22. The molecule has 0 unspecified atom stereocenters. The maximum Gasteiger partial charge on any atom is 0.119 e. The van der Waals surface area contributed by atoms with Gasteiger partial charge in [-0.3, -0.25) is 0 Å². The summed E-state index contributed by atoms with van der Waals surface area (Å²) in [4.78, 5) is 2.51. The molecule has 2 nitrogen and oxygen atoms in total. The molecule has 1 aliphatic carbocycles. The van der Waals surface area contributed by atoms with Gasteiger partial charge in [-0.05, 0) is 56.5 Å². The predicted octanol–water partition coefficient (Wildman–Crippen LogP) is 3.46. The van der Waals surface area contributed by atoms with E-state index in [2.05, 4.69) is 36.2 Å². The number of likely N-dealkylation sites (tertiary alicyclic amines) is 1. The van der Waals surface area contributed by atoms with Gasteiger partial charge in [0, 0.05) is 12.0 Å². The predicted molar refractivity (Wildman–Crippen MR) is 78.7 cm³/mol. The van der Waals surface area contributed by atoms with E-state index in [0.29, 0.717) is 5.41 Å². The van der Waals surface area contributed by atoms with Crippen LogP contribution >= 0.6 is 0 Å². The van der Waals surface area contributed by atoms with Crippen LogP contribution in [0.15, 0.2) is 24.3 Å². The van der Waals surface area contributed by atoms with E-state index in [-0.39, 0.29) is 0 Å². The Morgan fingerprint density at radius 2 is 2.16 bits per heavy atom. The van der Waals surface area contributed by atoms with Gasteiger partial charge < -0.3 is 9.64 Å². The van der Waals surface area contributed by atoms with Gasteiger partial charge in [0.15, 0.2) is 0 Å². The third-order valence-corrected chi connectivity index (χ3v) is 5.32. The van der Waals surface area contributed by atoms with Gasteiger partial charge in [-0.2, -0.15) is 0 Å². The second kappa shape index (κ2) is 5.16. The second-order valence-corrected chi connectivity index (χ2v) is 6.34. The van der Waals surface area contributed by atoms with Crippen molar-refractivity contribution in [3.63, 3.8) is 0 Å². The topological polar surface area (TPSA) is 12.5 Å². The number of hydrogen-bond donors (Lipinski definition) is 0. The third-order valence-electron chi connectivity index (χ3n) is 5.32. The van der Waals surface area contributed by atoms with Crippen LogP contribution in [0, 0.1) is 5.92 Å². The molecule has 2 aliphatic rings. The Bertz CT molecular complexity index is 445. The summed E-state index contributed by atoms with van der Waals surface area (Å²) in [6, 6.07) is 8.83. The van der Waals surface area contributed by atoms with Crippen LogP contribution in [-0.2, 0) is 5.41 Å². The van der Waals surface area contributed by atoms with Crippen LogP contribution < -0.4 is 4.74 Å². The molecule has 0 spiro atoms. The SMILES string of the molecule is COc1cccc([C@]23CCCC[C@H]2CN(C)CC3)c1. The van der Waals surface area contributed by atoms with Gasteiger partial charge in [0.05, 0.1) is 7.11 Å². The molecular formula is C17H25NO. The molecule has 2 heteroatoms. The minimum Gasteiger partial charge on any atom is -0.497 e. The number of piperidine rings is 1. The lowest BCUT2D eigenvalue weighted by Crippen LogP contribution is -2.50. The summed E-state index contributed by atoms with van der Waals surface area (Å²) in [5.41, 5.74) is 1.93. The van der Waals surface area contributed by atoms with E-state index in [4.69, 9.17) is 4.74 Å². The Morgan fingerprint density at radius 3 is 3.00 bits per heavy atom. The average molecular weight is 259 g/mol. The van der Waals surface area contributed by atoms with E-state index in [1.807, 2.05) is 0 Å². The summed E-state index contributed by atoms with van der Waals surface area (Å²) in [5, 5.41) is 0. The fraction of sp³-hybridized carbons (Fsp3) is 0.647. The summed E-state index contributed by atoms with van der Waals surface area (Å²) in [7, 11) is 4.04. The lowest BCUT2D eigenvalue weighted by atomic mass is 9.59. The molecule has 2 fully saturated rings. The van der Waals surface area contributed by atoms with Crippen LogP contribution in [-0.4, -0.2) is 32.1 Å². The molecule has 0 radical (unpaired) electrons. The Hall–Kier alpha value is -1.02. The van der Waals surface area contributed by atoms with Gasteiger partial charge in [0.2, 0.25) is 0 Å². The molecule has 0 aromatic heterocycles. The van der Waals surface area contributed by atoms with E-state index in [1.165, 1.54) is 50.8 Å². The molecule has 1 aromatic carbocycles. The number of hydrogen-bond acceptors (Lipinski definition) is 2. The molecule has 3 rings (SSSR count). The number of fused-ring (bicyclic) bond motifs is 1. The smallest absolute Gasteiger partial charge is 0.119 e. The number of methoxy groups -OCH3 is 1. The number of benzene rings is 1. The van der Waals surface area contributed by atoms with Crippen LogP contribution in [0.1, 0.15) is 37.7 Å². The molecule has 2 atom stereocenters. The first-order valence-electron chi connectivity index (χ1n) is 7.58. The number of ether oxygens (including phenoxy) is 1. The minimum absolute atomic E-state index is 0.416. The van der Waals surface area contributed by atoms with E-state index in [9.17, 15) is 0 Å². The quantitative estimate of drug-likeness (QED) is 0.806. The second-order valence-electron chi connectivity index (χ2n) is 6.34. The third kappa shape index (κ3) is 2.27. The zero-order valence-electron chi connectivity index (χ0n) is 12.2. The normalized spacial score (nSPS) is 31.8. The molecule has 1 saturated carbocycles. The first-order chi connectivity index (χ1) is 9.24. The van der Waals surface area contributed by atoms with Gasteiger partial charge in [0.1, 0.15) is 5.75 Å². The van der Waals surface area contributed by atoms with Gasteiger partial charge in [-0.1, -0.05) is 25.0 Å². The molecular weight excluding hydrogens is 234 g/mol. The van der Waals surface area contributed by atoms with E-state index in [0.717, 1.165) is 11.7 Å². The van der Waals surface area contributed by atoms with Gasteiger partial charge in [0.25, 0.3) is 0 Å². The highest BCUT2D eigenvalue weighted by molar-refractivity contribution is 5.35. The van der Waals surface area contributed by atoms with Crippen LogP contribution in [0.2, 0.25) is 0 Å². The molecule has 1 aliphatic heterocycles. The van der Waals surface area contributed by atoms with Crippen molar-refractivity contribution in [1.29, 1.82) is 0 Å². The zero-order chi connectivity index (χ0) is 13.3. The van der Waals surface area contributed by atoms with Crippen molar-refractivity contribution in [2.24, 2.45) is 5.92 Å². The van der Waals surface area contributed by atoms with Crippen LogP contribution in [0.5, 0.6) is 5.75 Å². The Morgan fingerprint density at radius 1 is 1.26 bits per heavy atom. The maximum atomic E-state index is 5.43. The summed E-state index contributed by atoms with van der Waals surface area (Å²) in [6.07, 6.45) is 6.85. The highest BCUT2D eigenvalue weighted by Crippen LogP contribution is 2.49. The lowest BCUT2D eigenvalue weighted by Gasteiger charge is -2.50. The van der Waals surface area contributed by atoms with Crippen molar-refractivity contribution >= 4 is 0 Å². The summed E-state index contributed by atoms with van der Waals surface area (Å²) < 4.78 is 5.43. The van der Waals surface area contributed by atoms with E-state index in [1.54, 1.807) is 7.11 Å². The van der Waals surface area contributed by atoms with Crippen LogP contribution in [0.3, 0.4) is 0 Å². The Labute approximate surface area is 116 Å². The van der Waals surface area contributed by atoms with E-state index < -0.39 is 0 Å². The maximum absolute atomic E-state index is 5.43. The first-order valence-corrected chi connectivity index (χ1v) is 7.58. The highest BCUT2D eigenvalue weighted by Gasteiger charge is 2.44. The van der Waals surface area contributed by atoms with Gasteiger partial charge in [-0.15, -0.1) is 0 Å². The molecule has 19 heavy (non-hydrogen) atoms. The largest absolute Gasteiger partial charge is 0.497 e. The van der Waals surface area contributed by atoms with Crippen LogP contribution in [0.25, 0.3) is 0 Å². The van der Waals surface area contributed by atoms with Crippen molar-refractivity contribution in [3.8, 4) is 5.75 Å². The molecule has 1 aromatic rings. The minimum atomic E-state index is 0.416. The first kappa shape index (κ1) is 13.0. The average Bonchev–Trinajstić information content (AvgIpc) is 2.47. The molecule has 1 heterocycles. The summed E-state index contributed by atoms with van der Waals surface area (Å²) in [5.74, 6) is 1.84. The van der Waals surface area contributed by atoms with Crippen molar-refractivity contribution in [2.75, 3.05) is 27.2 Å². The molecule has 0 N–H and O–H groups in total. The number of nitrogens with zero attached hydrogens (tertiary/aromatic N) is 1. The summed E-state index contributed by atoms with van der Waals surface area (Å²) >= 11 is 0. The van der Waals surface area contributed by atoms with Gasteiger partial charge in [-0.25, -0.2) is 0 Å². The Kier molecular flexibility index (Phi) is 3.53. The lowest BCUT2D eigenvalue weighted by molar-refractivity contribution is 0.0706. The molecule has 0 bridgehead atoms. The Balaban J connectivity index is 1.97. The van der Waals surface area contributed by atoms with Crippen molar-refractivity contribution in [2.45, 2.75) is 37.5 Å². The number of rotatable bonds is 2. The van der Waals surface area contributed by atoms with Crippen molar-refractivity contribution in [3.05, 3.63) is 29.8 Å². The monoisotopic (exact) mass is 259 g/mol. The molecule has 0 amide bonds. The van der Waals surface area contributed by atoms with Crippen molar-refractivity contribution in [1.82, 2.24) is 4.90 Å². The molecule has 104 valence electrons.